The average molecular weight is 673 g/mol. The summed E-state index contributed by atoms with van der Waals surface area (Å²) >= 11 is 0. The molecule has 3 heterocycles. The van der Waals surface area contributed by atoms with Gasteiger partial charge in [-0.05, 0) is 74.3 Å². The molecule has 6 rings (SSSR count). The molecule has 0 spiro atoms. The maximum absolute atomic E-state index is 13.1. The minimum absolute atomic E-state index is 0.0421. The smallest absolute Gasteiger partial charge is 0.513 e. The van der Waals surface area contributed by atoms with Gasteiger partial charge in [0.25, 0.3) is 5.91 Å². The second kappa shape index (κ2) is 15.6. The number of benzene rings is 1. The molecule has 3 unspecified atom stereocenters. The number of primary amides is 1. The summed E-state index contributed by atoms with van der Waals surface area (Å²) < 4.78 is 11.7. The number of hydrogen-bond acceptors (Lipinski definition) is 10. The van der Waals surface area contributed by atoms with Gasteiger partial charge in [-0.2, -0.15) is 4.79 Å². The van der Waals surface area contributed by atoms with Crippen LogP contribution in [0, 0.1) is 29.6 Å². The molecule has 2 N–H and O–H groups in total. The summed E-state index contributed by atoms with van der Waals surface area (Å²) in [6.45, 7) is 6.59. The molecule has 1 aliphatic heterocycles. The number of amides is 2. The molecule has 3 aromatic rings. The number of carbonyl (C=O) groups is 3. The van der Waals surface area contributed by atoms with Crippen LogP contribution in [0.15, 0.2) is 36.8 Å². The predicted octanol–water partition coefficient (Wildman–Crippen LogP) is 3.75. The highest BCUT2D eigenvalue weighted by Gasteiger charge is 2.54. The van der Waals surface area contributed by atoms with Crippen LogP contribution in [-0.2, 0) is 27.4 Å². The fourth-order valence-electron chi connectivity index (χ4n) is 7.85. The zero-order chi connectivity index (χ0) is 34.5. The Balaban J connectivity index is 0.930. The highest BCUT2D eigenvalue weighted by molar-refractivity contribution is 5.91. The molecule has 262 valence electrons. The lowest BCUT2D eigenvalue weighted by atomic mass is 9.89. The van der Waals surface area contributed by atoms with Crippen molar-refractivity contribution >= 4 is 28.8 Å². The fourth-order valence-corrected chi connectivity index (χ4v) is 7.85. The van der Waals surface area contributed by atoms with E-state index in [0.717, 1.165) is 44.9 Å². The predicted molar refractivity (Wildman–Crippen MR) is 178 cm³/mol. The molecule has 0 radical (unpaired) electrons. The van der Waals surface area contributed by atoms with E-state index in [-0.39, 0.29) is 48.7 Å². The number of unbranched alkanes of at least 4 members (excludes halogenated alkanes) is 2. The van der Waals surface area contributed by atoms with E-state index in [9.17, 15) is 19.5 Å². The second-order valence-corrected chi connectivity index (χ2v) is 14.2. The van der Waals surface area contributed by atoms with Gasteiger partial charge < -0.3 is 19.5 Å². The Morgan fingerprint density at radius 3 is 2.71 bits per heavy atom. The SMILES string of the molecule is CC[C@@H]1CCN(C(=O)C[NH2+]C(=O)OC2CC3CC3[C@H]2CCCCCc2nc3ccc(OCc4cnccn4)cc3nc2[O-])[C@@H]1C(=O)C(C)C. The first-order valence-electron chi connectivity index (χ1n) is 17.9. The third-order valence-corrected chi connectivity index (χ3v) is 10.6. The minimum atomic E-state index is -0.440. The van der Waals surface area contributed by atoms with Crippen molar-refractivity contribution in [2.24, 2.45) is 29.6 Å². The van der Waals surface area contributed by atoms with E-state index in [0.29, 0.717) is 58.9 Å². The minimum Gasteiger partial charge on any atom is -0.857 e. The summed E-state index contributed by atoms with van der Waals surface area (Å²) in [6, 6.07) is 4.96. The lowest BCUT2D eigenvalue weighted by molar-refractivity contribution is -0.561. The summed E-state index contributed by atoms with van der Waals surface area (Å²) in [5.41, 5.74) is 2.33. The van der Waals surface area contributed by atoms with Crippen molar-refractivity contribution in [1.82, 2.24) is 24.8 Å². The van der Waals surface area contributed by atoms with Crippen LogP contribution in [0.2, 0.25) is 0 Å². The first kappa shape index (κ1) is 34.7. The summed E-state index contributed by atoms with van der Waals surface area (Å²) in [5, 5.41) is 14.1. The van der Waals surface area contributed by atoms with Gasteiger partial charge in [0.1, 0.15) is 18.5 Å². The fraction of sp³-hybridized carbons (Fsp3) is 0.595. The van der Waals surface area contributed by atoms with Gasteiger partial charge in [-0.3, -0.25) is 29.5 Å². The van der Waals surface area contributed by atoms with Crippen molar-refractivity contribution in [3.05, 3.63) is 48.2 Å². The number of quaternary nitrogens is 1. The van der Waals surface area contributed by atoms with Gasteiger partial charge in [-0.1, -0.05) is 40.0 Å². The number of likely N-dealkylation sites (tertiary alicyclic amines) is 1. The molecule has 6 atom stereocenters. The largest absolute Gasteiger partial charge is 0.857 e. The first-order chi connectivity index (χ1) is 23.7. The Hall–Kier alpha value is -4.19. The van der Waals surface area contributed by atoms with Gasteiger partial charge >= 0.3 is 6.09 Å². The Kier molecular flexibility index (Phi) is 11.0. The molecule has 1 saturated heterocycles. The zero-order valence-corrected chi connectivity index (χ0v) is 28.8. The number of nitrogens with zero attached hydrogens (tertiary/aromatic N) is 5. The van der Waals surface area contributed by atoms with E-state index in [1.807, 2.05) is 26.0 Å². The van der Waals surface area contributed by atoms with E-state index in [1.54, 1.807) is 29.6 Å². The molecular weight excluding hydrogens is 624 g/mol. The van der Waals surface area contributed by atoms with Crippen LogP contribution in [0.1, 0.15) is 83.5 Å². The van der Waals surface area contributed by atoms with Crippen LogP contribution in [-0.4, -0.2) is 67.9 Å². The van der Waals surface area contributed by atoms with Gasteiger partial charge in [-0.15, -0.1) is 0 Å². The van der Waals surface area contributed by atoms with E-state index < -0.39 is 12.1 Å². The number of ketones is 1. The van der Waals surface area contributed by atoms with Crippen molar-refractivity contribution in [1.29, 1.82) is 0 Å². The Labute approximate surface area is 287 Å². The molecule has 2 aliphatic carbocycles. The number of fused-ring (bicyclic) bond motifs is 2. The van der Waals surface area contributed by atoms with E-state index in [1.165, 1.54) is 11.7 Å². The van der Waals surface area contributed by atoms with E-state index in [4.69, 9.17) is 9.47 Å². The zero-order valence-electron chi connectivity index (χ0n) is 28.8. The average Bonchev–Trinajstić information content (AvgIpc) is 3.58. The normalized spacial score (nSPS) is 24.3. The molecular formula is C37H48N6O6. The maximum atomic E-state index is 13.1. The Bertz CT molecular complexity index is 1640. The lowest BCUT2D eigenvalue weighted by Crippen LogP contribution is -2.90. The van der Waals surface area contributed by atoms with Crippen LogP contribution in [0.3, 0.4) is 0 Å². The topological polar surface area (TPSA) is 164 Å². The van der Waals surface area contributed by atoms with Crippen molar-refractivity contribution in [2.45, 2.75) is 97.3 Å². The summed E-state index contributed by atoms with van der Waals surface area (Å²) in [4.78, 5) is 57.6. The lowest BCUT2D eigenvalue weighted by Gasteiger charge is -2.27. The third kappa shape index (κ3) is 8.34. The molecule has 2 amide bonds. The number of ether oxygens (including phenoxy) is 2. The van der Waals surface area contributed by atoms with Gasteiger partial charge in [0.15, 0.2) is 12.3 Å². The van der Waals surface area contributed by atoms with E-state index in [2.05, 4.69) is 26.9 Å². The quantitative estimate of drug-likeness (QED) is 0.235. The highest BCUT2D eigenvalue weighted by atomic mass is 16.6. The molecule has 0 bridgehead atoms. The number of rotatable bonds is 15. The molecule has 12 nitrogen and oxygen atoms in total. The van der Waals surface area contributed by atoms with Gasteiger partial charge in [0, 0.05) is 36.8 Å². The number of aromatic nitrogens is 4. The maximum Gasteiger partial charge on any atom is 0.513 e. The number of aryl methyl sites for hydroxylation is 1. The second-order valence-electron chi connectivity index (χ2n) is 14.2. The van der Waals surface area contributed by atoms with E-state index >= 15 is 0 Å². The highest BCUT2D eigenvalue weighted by Crippen LogP contribution is 2.57. The molecule has 3 fully saturated rings. The van der Waals surface area contributed by atoms with Gasteiger partial charge in [0.2, 0.25) is 0 Å². The number of nitrogens with two attached hydrogens (primary N) is 1. The first-order valence-corrected chi connectivity index (χ1v) is 17.9. The van der Waals surface area contributed by atoms with Crippen molar-refractivity contribution in [2.75, 3.05) is 13.1 Å². The summed E-state index contributed by atoms with van der Waals surface area (Å²) in [6.07, 6.45) is 12.3. The standard InChI is InChI=1S/C37H48N6O6/c1-4-23-12-15-43(34(23)35(45)22(2)3)33(44)20-40-37(47)49-32-17-24-16-28(24)27(32)8-6-5-7-9-30-36(46)42-31-18-26(10-11-29(31)41-30)48-21-25-19-38-13-14-39-25/h10-11,13-14,18-19,22-24,27-28,32,34H,4-9,12,15-17,20-21H2,1-3H3,(H,40,47)(H,42,46)/t23-,24?,27-,28?,32?,34+/m1/s1. The third-order valence-electron chi connectivity index (χ3n) is 10.6. The number of hydrogen-bond donors (Lipinski definition) is 1. The molecule has 1 aromatic carbocycles. The Morgan fingerprint density at radius 1 is 1.08 bits per heavy atom. The molecule has 2 aromatic heterocycles. The van der Waals surface area contributed by atoms with Gasteiger partial charge in [0.05, 0.1) is 34.7 Å². The van der Waals surface area contributed by atoms with Crippen LogP contribution < -0.4 is 15.2 Å². The summed E-state index contributed by atoms with van der Waals surface area (Å²) in [5.74, 6) is 1.79. The van der Waals surface area contributed by atoms with Gasteiger partial charge in [-0.25, -0.2) is 5.32 Å². The van der Waals surface area contributed by atoms with Crippen LogP contribution >= 0.6 is 0 Å². The molecule has 3 aliphatic rings. The Morgan fingerprint density at radius 2 is 1.94 bits per heavy atom. The number of carbonyl (C=O) groups excluding carboxylic acids is 3. The summed E-state index contributed by atoms with van der Waals surface area (Å²) in [7, 11) is 0. The molecule has 12 heteroatoms. The molecule has 49 heavy (non-hydrogen) atoms. The monoisotopic (exact) mass is 672 g/mol. The van der Waals surface area contributed by atoms with Crippen LogP contribution in [0.25, 0.3) is 11.0 Å². The van der Waals surface area contributed by atoms with Crippen LogP contribution in [0.4, 0.5) is 4.79 Å². The number of Topliss-reactive ketones (excluding diaryl/α,β-unsaturated/α-hetero) is 1. The molecule has 2 saturated carbocycles. The van der Waals surface area contributed by atoms with Crippen molar-refractivity contribution in [3.63, 3.8) is 0 Å². The van der Waals surface area contributed by atoms with Crippen LogP contribution in [0.5, 0.6) is 11.6 Å². The van der Waals surface area contributed by atoms with Crippen molar-refractivity contribution < 1.29 is 34.3 Å². The van der Waals surface area contributed by atoms with Crippen molar-refractivity contribution in [3.8, 4) is 11.6 Å².